The van der Waals surface area contributed by atoms with Gasteiger partial charge in [0.15, 0.2) is 0 Å². The van der Waals surface area contributed by atoms with Crippen molar-refractivity contribution in [2.24, 2.45) is 5.92 Å². The minimum Gasteiger partial charge on any atom is -0.388 e. The average molecular weight is 255 g/mol. The fourth-order valence-electron chi connectivity index (χ4n) is 1.83. The maximum Gasteiger partial charge on any atom is 0.241 e. The van der Waals surface area contributed by atoms with E-state index in [-0.39, 0.29) is 24.9 Å². The standard InChI is InChI=1S/C11H21N5O2/c1-8(2)4-11(3,18)6-13-9(17)5-16-7-14-10(12)15-16/h7-8,18H,4-6H2,1-3H3,(H2,12,15)(H,13,17). The summed E-state index contributed by atoms with van der Waals surface area (Å²) in [5.41, 5.74) is 4.44. The summed E-state index contributed by atoms with van der Waals surface area (Å²) in [6.45, 7) is 6.01. The van der Waals surface area contributed by atoms with Crippen LogP contribution >= 0.6 is 0 Å². The molecule has 1 aromatic heterocycles. The summed E-state index contributed by atoms with van der Waals surface area (Å²) in [5, 5.41) is 16.5. The Morgan fingerprint density at radius 3 is 2.83 bits per heavy atom. The number of nitrogens with zero attached hydrogens (tertiary/aromatic N) is 3. The van der Waals surface area contributed by atoms with Crippen LogP contribution in [-0.2, 0) is 11.3 Å². The lowest BCUT2D eigenvalue weighted by atomic mass is 9.94. The number of carbonyl (C=O) groups excluding carboxylic acids is 1. The molecule has 0 aromatic carbocycles. The van der Waals surface area contributed by atoms with Gasteiger partial charge in [0.2, 0.25) is 11.9 Å². The van der Waals surface area contributed by atoms with Crippen LogP contribution in [0.15, 0.2) is 6.33 Å². The molecule has 7 heteroatoms. The molecule has 0 aliphatic heterocycles. The molecule has 1 aromatic rings. The Morgan fingerprint density at radius 2 is 2.33 bits per heavy atom. The van der Waals surface area contributed by atoms with Gasteiger partial charge < -0.3 is 16.2 Å². The molecule has 0 saturated heterocycles. The van der Waals surface area contributed by atoms with Gasteiger partial charge in [-0.15, -0.1) is 5.10 Å². The summed E-state index contributed by atoms with van der Waals surface area (Å²) in [6.07, 6.45) is 2.02. The van der Waals surface area contributed by atoms with Gasteiger partial charge in [-0.05, 0) is 19.3 Å². The fourth-order valence-corrected chi connectivity index (χ4v) is 1.83. The second kappa shape index (κ2) is 5.81. The molecule has 0 spiro atoms. The first-order chi connectivity index (χ1) is 8.28. The molecule has 4 N–H and O–H groups in total. The van der Waals surface area contributed by atoms with Gasteiger partial charge in [-0.25, -0.2) is 9.67 Å². The lowest BCUT2D eigenvalue weighted by molar-refractivity contribution is -0.123. The Balaban J connectivity index is 2.37. The second-order valence-corrected chi connectivity index (χ2v) is 5.17. The number of carbonyl (C=O) groups is 1. The van der Waals surface area contributed by atoms with E-state index in [4.69, 9.17) is 5.73 Å². The van der Waals surface area contributed by atoms with Gasteiger partial charge in [-0.3, -0.25) is 4.79 Å². The zero-order valence-corrected chi connectivity index (χ0v) is 11.1. The minimum absolute atomic E-state index is 0.0436. The van der Waals surface area contributed by atoms with E-state index in [1.165, 1.54) is 11.0 Å². The van der Waals surface area contributed by atoms with Crippen molar-refractivity contribution in [2.45, 2.75) is 39.3 Å². The van der Waals surface area contributed by atoms with Crippen LogP contribution < -0.4 is 11.1 Å². The third kappa shape index (κ3) is 5.13. The lowest BCUT2D eigenvalue weighted by Gasteiger charge is -2.25. The van der Waals surface area contributed by atoms with Crippen molar-refractivity contribution in [2.75, 3.05) is 12.3 Å². The first-order valence-corrected chi connectivity index (χ1v) is 5.92. The number of hydrogen-bond acceptors (Lipinski definition) is 5. The number of aromatic nitrogens is 3. The van der Waals surface area contributed by atoms with Gasteiger partial charge in [0.1, 0.15) is 12.9 Å². The third-order valence-electron chi connectivity index (χ3n) is 2.37. The maximum atomic E-state index is 11.6. The first kappa shape index (κ1) is 14.4. The van der Waals surface area contributed by atoms with Gasteiger partial charge in [-0.2, -0.15) is 0 Å². The number of nitrogens with one attached hydrogen (secondary N) is 1. The highest BCUT2D eigenvalue weighted by Crippen LogP contribution is 2.14. The second-order valence-electron chi connectivity index (χ2n) is 5.17. The van der Waals surface area contributed by atoms with Crippen LogP contribution in [0.1, 0.15) is 27.2 Å². The maximum absolute atomic E-state index is 11.6. The van der Waals surface area contributed by atoms with Crippen LogP contribution in [0.5, 0.6) is 0 Å². The van der Waals surface area contributed by atoms with Crippen molar-refractivity contribution in [1.82, 2.24) is 20.1 Å². The molecule has 0 fully saturated rings. The number of anilines is 1. The number of nitrogens with two attached hydrogens (primary N) is 1. The van der Waals surface area contributed by atoms with Gasteiger partial charge in [0.05, 0.1) is 5.60 Å². The predicted octanol–water partition coefficient (Wildman–Crippen LogP) is -0.226. The number of rotatable bonds is 6. The number of nitrogen functional groups attached to an aromatic ring is 1. The summed E-state index contributed by atoms with van der Waals surface area (Å²) in [6, 6.07) is 0. The molecule has 102 valence electrons. The van der Waals surface area contributed by atoms with E-state index in [2.05, 4.69) is 15.4 Å². The van der Waals surface area contributed by atoms with Crippen molar-refractivity contribution in [3.63, 3.8) is 0 Å². The molecule has 18 heavy (non-hydrogen) atoms. The molecule has 0 aliphatic rings. The molecule has 1 unspecified atom stereocenters. The topological polar surface area (TPSA) is 106 Å². The van der Waals surface area contributed by atoms with E-state index in [1.54, 1.807) is 6.92 Å². The summed E-state index contributed by atoms with van der Waals surface area (Å²) in [7, 11) is 0. The predicted molar refractivity (Wildman–Crippen MR) is 67.5 cm³/mol. The van der Waals surface area contributed by atoms with Crippen LogP contribution in [0.2, 0.25) is 0 Å². The molecule has 1 heterocycles. The molecular formula is C11H21N5O2. The third-order valence-corrected chi connectivity index (χ3v) is 2.37. The van der Waals surface area contributed by atoms with E-state index >= 15 is 0 Å². The SMILES string of the molecule is CC(C)CC(C)(O)CNC(=O)Cn1cnc(N)n1. The van der Waals surface area contributed by atoms with Crippen molar-refractivity contribution in [3.05, 3.63) is 6.33 Å². The van der Waals surface area contributed by atoms with Gasteiger partial charge in [0, 0.05) is 6.54 Å². The Hall–Kier alpha value is -1.63. The zero-order chi connectivity index (χ0) is 13.8. The van der Waals surface area contributed by atoms with Crippen molar-refractivity contribution in [1.29, 1.82) is 0 Å². The summed E-state index contributed by atoms with van der Waals surface area (Å²) >= 11 is 0. The highest BCUT2D eigenvalue weighted by Gasteiger charge is 2.22. The largest absolute Gasteiger partial charge is 0.388 e. The van der Waals surface area contributed by atoms with Crippen molar-refractivity contribution in [3.8, 4) is 0 Å². The molecule has 7 nitrogen and oxygen atoms in total. The zero-order valence-electron chi connectivity index (χ0n) is 11.1. The Morgan fingerprint density at radius 1 is 1.67 bits per heavy atom. The Bertz CT molecular complexity index is 400. The molecule has 1 amide bonds. The number of aliphatic hydroxyl groups is 1. The molecule has 1 atom stereocenters. The molecule has 0 aliphatic carbocycles. The summed E-state index contributed by atoms with van der Waals surface area (Å²) in [4.78, 5) is 15.3. The minimum atomic E-state index is -0.898. The van der Waals surface area contributed by atoms with E-state index < -0.39 is 5.60 Å². The number of amides is 1. The lowest BCUT2D eigenvalue weighted by Crippen LogP contribution is -2.42. The average Bonchev–Trinajstić information content (AvgIpc) is 2.59. The van der Waals surface area contributed by atoms with E-state index in [0.29, 0.717) is 12.3 Å². The molecule has 1 rings (SSSR count). The number of hydrogen-bond donors (Lipinski definition) is 3. The fraction of sp³-hybridized carbons (Fsp3) is 0.727. The smallest absolute Gasteiger partial charge is 0.241 e. The summed E-state index contributed by atoms with van der Waals surface area (Å²) < 4.78 is 1.35. The highest BCUT2D eigenvalue weighted by atomic mass is 16.3. The quantitative estimate of drug-likeness (QED) is 0.651. The van der Waals surface area contributed by atoms with E-state index in [0.717, 1.165) is 0 Å². The van der Waals surface area contributed by atoms with Crippen LogP contribution in [0.4, 0.5) is 5.95 Å². The van der Waals surface area contributed by atoms with Crippen LogP contribution in [0.3, 0.4) is 0 Å². The normalized spacial score (nSPS) is 14.5. The molecular weight excluding hydrogens is 234 g/mol. The van der Waals surface area contributed by atoms with Gasteiger partial charge >= 0.3 is 0 Å². The van der Waals surface area contributed by atoms with Crippen LogP contribution in [-0.4, -0.2) is 37.9 Å². The summed E-state index contributed by atoms with van der Waals surface area (Å²) in [5.74, 6) is 0.269. The Kier molecular flexibility index (Phi) is 4.66. The highest BCUT2D eigenvalue weighted by molar-refractivity contribution is 5.75. The van der Waals surface area contributed by atoms with Crippen LogP contribution in [0.25, 0.3) is 0 Å². The van der Waals surface area contributed by atoms with E-state index in [1.807, 2.05) is 13.8 Å². The molecule has 0 bridgehead atoms. The van der Waals surface area contributed by atoms with E-state index in [9.17, 15) is 9.90 Å². The Labute approximate surface area is 106 Å². The van der Waals surface area contributed by atoms with Crippen LogP contribution in [0, 0.1) is 5.92 Å². The molecule has 0 saturated carbocycles. The molecule has 0 radical (unpaired) electrons. The van der Waals surface area contributed by atoms with Crippen molar-refractivity contribution >= 4 is 11.9 Å². The van der Waals surface area contributed by atoms with Gasteiger partial charge in [-0.1, -0.05) is 13.8 Å². The van der Waals surface area contributed by atoms with Crippen molar-refractivity contribution < 1.29 is 9.90 Å². The monoisotopic (exact) mass is 255 g/mol. The first-order valence-electron chi connectivity index (χ1n) is 5.92. The van der Waals surface area contributed by atoms with Gasteiger partial charge in [0.25, 0.3) is 0 Å².